The molecule has 6 atom stereocenters. The van der Waals surface area contributed by atoms with Crippen molar-refractivity contribution in [3.63, 3.8) is 0 Å². The molecule has 0 bridgehead atoms. The first kappa shape index (κ1) is 27.9. The maximum absolute atomic E-state index is 10.9. The maximum atomic E-state index is 10.9. The van der Waals surface area contributed by atoms with Crippen molar-refractivity contribution < 1.29 is 19.7 Å². The lowest BCUT2D eigenvalue weighted by molar-refractivity contribution is -0.263. The van der Waals surface area contributed by atoms with Crippen molar-refractivity contribution in [3.05, 3.63) is 0 Å². The van der Waals surface area contributed by atoms with E-state index in [1.54, 1.807) is 6.92 Å². The van der Waals surface area contributed by atoms with Crippen LogP contribution in [0.25, 0.3) is 0 Å². The van der Waals surface area contributed by atoms with Crippen LogP contribution in [-0.2, 0) is 9.47 Å². The lowest BCUT2D eigenvalue weighted by Gasteiger charge is -2.52. The Bertz CT molecular complexity index is 516. The maximum Gasteiger partial charge on any atom is 0.181 e. The van der Waals surface area contributed by atoms with Crippen LogP contribution in [0.3, 0.4) is 0 Å². The van der Waals surface area contributed by atoms with Crippen molar-refractivity contribution in [1.82, 2.24) is 0 Å². The summed E-state index contributed by atoms with van der Waals surface area (Å²) in [5, 5.41) is 21.2. The molecule has 0 aromatic carbocycles. The number of aliphatic hydroxyl groups excluding tert-OH is 2. The molecule has 180 valence electrons. The lowest BCUT2D eigenvalue weighted by atomic mass is 9.54. The molecule has 4 heteroatoms. The zero-order valence-corrected chi connectivity index (χ0v) is 21.8. The predicted molar refractivity (Wildman–Crippen MR) is 125 cm³/mol. The van der Waals surface area contributed by atoms with Gasteiger partial charge in [-0.3, -0.25) is 0 Å². The first-order valence-corrected chi connectivity index (χ1v) is 12.1. The SMILES string of the molecule is CCC(C)(C)CC(C(C)(C)C)C1(C)CCCC(C(O)OC(C)C(O)OC(C)(C)C)C1. The molecule has 1 aliphatic carbocycles. The van der Waals surface area contributed by atoms with Crippen LogP contribution in [0.4, 0.5) is 0 Å². The first-order valence-electron chi connectivity index (χ1n) is 12.1. The van der Waals surface area contributed by atoms with Crippen LogP contribution in [0, 0.1) is 28.1 Å². The second kappa shape index (κ2) is 10.2. The fourth-order valence-electron chi connectivity index (χ4n) is 5.28. The van der Waals surface area contributed by atoms with Crippen LogP contribution in [0.15, 0.2) is 0 Å². The van der Waals surface area contributed by atoms with Crippen molar-refractivity contribution in [2.24, 2.45) is 28.1 Å². The molecule has 30 heavy (non-hydrogen) atoms. The first-order chi connectivity index (χ1) is 13.4. The van der Waals surface area contributed by atoms with E-state index >= 15 is 0 Å². The number of hydrogen-bond acceptors (Lipinski definition) is 4. The summed E-state index contributed by atoms with van der Waals surface area (Å²) in [4.78, 5) is 0. The minimum absolute atomic E-state index is 0.0858. The number of aliphatic hydroxyl groups is 2. The highest BCUT2D eigenvalue weighted by atomic mass is 16.7. The number of ether oxygens (including phenoxy) is 2. The number of hydrogen-bond donors (Lipinski definition) is 2. The highest BCUT2D eigenvalue weighted by Crippen LogP contribution is 2.55. The van der Waals surface area contributed by atoms with Crippen LogP contribution >= 0.6 is 0 Å². The third kappa shape index (κ3) is 8.41. The van der Waals surface area contributed by atoms with Crippen LogP contribution in [0.2, 0.25) is 0 Å². The quantitative estimate of drug-likeness (QED) is 0.410. The molecule has 0 aromatic rings. The van der Waals surface area contributed by atoms with Crippen molar-refractivity contribution in [3.8, 4) is 0 Å². The molecule has 2 N–H and O–H groups in total. The summed E-state index contributed by atoms with van der Waals surface area (Å²) in [7, 11) is 0. The average molecular weight is 429 g/mol. The molecular formula is C26H52O4. The Morgan fingerprint density at radius 2 is 1.60 bits per heavy atom. The van der Waals surface area contributed by atoms with E-state index in [1.165, 1.54) is 19.3 Å². The van der Waals surface area contributed by atoms with Crippen LogP contribution < -0.4 is 0 Å². The normalized spacial score (nSPS) is 28.1. The molecule has 1 rings (SSSR count). The summed E-state index contributed by atoms with van der Waals surface area (Å²) in [5.41, 5.74) is 0.226. The van der Waals surface area contributed by atoms with Crippen LogP contribution in [0.1, 0.15) is 115 Å². The molecule has 0 heterocycles. The molecular weight excluding hydrogens is 376 g/mol. The molecule has 0 saturated heterocycles. The fraction of sp³-hybridized carbons (Fsp3) is 1.00. The Labute approximate surface area is 187 Å². The van der Waals surface area contributed by atoms with Gasteiger partial charge in [0, 0.05) is 5.92 Å². The molecule has 1 fully saturated rings. The van der Waals surface area contributed by atoms with Gasteiger partial charge in [-0.05, 0) is 75.5 Å². The zero-order chi connectivity index (χ0) is 23.5. The van der Waals surface area contributed by atoms with Crippen molar-refractivity contribution in [2.45, 2.75) is 139 Å². The van der Waals surface area contributed by atoms with Gasteiger partial charge in [0.1, 0.15) is 6.10 Å². The second-order valence-corrected chi connectivity index (χ2v) is 13.0. The molecule has 0 aromatic heterocycles. The summed E-state index contributed by atoms with van der Waals surface area (Å²) >= 11 is 0. The average Bonchev–Trinajstić information content (AvgIpc) is 2.57. The molecule has 0 spiro atoms. The van der Waals surface area contributed by atoms with Gasteiger partial charge in [0.25, 0.3) is 0 Å². The van der Waals surface area contributed by atoms with Crippen LogP contribution in [-0.4, -0.2) is 34.5 Å². The molecule has 6 unspecified atom stereocenters. The van der Waals surface area contributed by atoms with Gasteiger partial charge in [-0.1, -0.05) is 61.3 Å². The largest absolute Gasteiger partial charge is 0.368 e. The zero-order valence-electron chi connectivity index (χ0n) is 21.8. The summed E-state index contributed by atoms with van der Waals surface area (Å²) < 4.78 is 11.5. The third-order valence-corrected chi connectivity index (χ3v) is 7.28. The smallest absolute Gasteiger partial charge is 0.181 e. The molecule has 0 radical (unpaired) electrons. The van der Waals surface area contributed by atoms with Crippen molar-refractivity contribution in [1.29, 1.82) is 0 Å². The van der Waals surface area contributed by atoms with E-state index in [0.717, 1.165) is 19.3 Å². The standard InChI is InChI=1S/C26H52O4/c1-12-25(9,10)17-20(23(3,4)5)26(11)15-13-14-19(16-26)22(28)29-18(2)21(27)30-24(6,7)8/h18-22,27-28H,12-17H2,1-11H3. The topological polar surface area (TPSA) is 58.9 Å². The van der Waals surface area contributed by atoms with Gasteiger partial charge < -0.3 is 19.7 Å². The van der Waals surface area contributed by atoms with Gasteiger partial charge in [-0.2, -0.15) is 0 Å². The molecule has 4 nitrogen and oxygen atoms in total. The van der Waals surface area contributed by atoms with Gasteiger partial charge in [0.2, 0.25) is 0 Å². The van der Waals surface area contributed by atoms with Crippen molar-refractivity contribution in [2.75, 3.05) is 0 Å². The molecule has 1 aliphatic rings. The van der Waals surface area contributed by atoms with Gasteiger partial charge in [-0.25, -0.2) is 0 Å². The Hall–Kier alpha value is -0.160. The lowest BCUT2D eigenvalue weighted by Crippen LogP contribution is -2.45. The van der Waals surface area contributed by atoms with Gasteiger partial charge in [0.15, 0.2) is 12.6 Å². The Morgan fingerprint density at radius 3 is 2.07 bits per heavy atom. The minimum atomic E-state index is -1.05. The van der Waals surface area contributed by atoms with E-state index in [1.807, 2.05) is 20.8 Å². The predicted octanol–water partition coefficient (Wildman–Crippen LogP) is 6.53. The molecule has 1 saturated carbocycles. The van der Waals surface area contributed by atoms with Gasteiger partial charge >= 0.3 is 0 Å². The number of rotatable bonds is 9. The van der Waals surface area contributed by atoms with Crippen molar-refractivity contribution >= 4 is 0 Å². The molecule has 0 amide bonds. The van der Waals surface area contributed by atoms with E-state index < -0.39 is 24.3 Å². The third-order valence-electron chi connectivity index (χ3n) is 7.28. The van der Waals surface area contributed by atoms with E-state index in [-0.39, 0.29) is 16.7 Å². The second-order valence-electron chi connectivity index (χ2n) is 13.0. The van der Waals surface area contributed by atoms with Gasteiger partial charge in [-0.15, -0.1) is 0 Å². The van der Waals surface area contributed by atoms with E-state index in [9.17, 15) is 10.2 Å². The van der Waals surface area contributed by atoms with E-state index in [4.69, 9.17) is 9.47 Å². The highest BCUT2D eigenvalue weighted by molar-refractivity contribution is 4.96. The van der Waals surface area contributed by atoms with E-state index in [0.29, 0.717) is 11.3 Å². The summed E-state index contributed by atoms with van der Waals surface area (Å²) in [5.74, 6) is 0.657. The summed E-state index contributed by atoms with van der Waals surface area (Å²) in [6, 6.07) is 0. The molecule has 0 aliphatic heterocycles. The van der Waals surface area contributed by atoms with Gasteiger partial charge in [0.05, 0.1) is 5.60 Å². The monoisotopic (exact) mass is 428 g/mol. The summed E-state index contributed by atoms with van der Waals surface area (Å²) in [6.45, 7) is 24.0. The van der Waals surface area contributed by atoms with Crippen LogP contribution in [0.5, 0.6) is 0 Å². The highest BCUT2D eigenvalue weighted by Gasteiger charge is 2.47. The minimum Gasteiger partial charge on any atom is -0.368 e. The Morgan fingerprint density at radius 1 is 1.03 bits per heavy atom. The summed E-state index contributed by atoms with van der Waals surface area (Å²) in [6.07, 6.45) is 4.09. The fourth-order valence-corrected chi connectivity index (χ4v) is 5.28. The van der Waals surface area contributed by atoms with E-state index in [2.05, 4.69) is 48.5 Å². The Kier molecular flexibility index (Phi) is 9.47. The Balaban J connectivity index is 2.91.